The molecule has 0 saturated heterocycles. The van der Waals surface area contributed by atoms with Gasteiger partial charge in [0.15, 0.2) is 0 Å². The zero-order chi connectivity index (χ0) is 13.8. The van der Waals surface area contributed by atoms with Gasteiger partial charge in [-0.3, -0.25) is 13.2 Å². The summed E-state index contributed by atoms with van der Waals surface area (Å²) in [6.45, 7) is 2.45. The Bertz CT molecular complexity index is 809. The summed E-state index contributed by atoms with van der Waals surface area (Å²) < 4.78 is 23.4. The van der Waals surface area contributed by atoms with Crippen LogP contribution in [-0.2, 0) is 9.84 Å². The van der Waals surface area contributed by atoms with Crippen LogP contribution in [0.3, 0.4) is 0 Å². The third kappa shape index (κ3) is 1.58. The van der Waals surface area contributed by atoms with Crippen LogP contribution in [-0.4, -0.2) is 20.9 Å². The number of carbonyl (C=O) groups is 1. The van der Waals surface area contributed by atoms with Crippen LogP contribution < -0.4 is 4.90 Å². The van der Waals surface area contributed by atoms with Crippen molar-refractivity contribution in [3.63, 3.8) is 0 Å². The Morgan fingerprint density at radius 3 is 2.58 bits per heavy atom. The second-order valence-electron chi connectivity index (χ2n) is 4.48. The van der Waals surface area contributed by atoms with E-state index < -0.39 is 9.84 Å². The molecule has 1 aliphatic rings. The average Bonchev–Trinajstić information content (AvgIpc) is 2.63. The van der Waals surface area contributed by atoms with Crippen LogP contribution in [0.1, 0.15) is 17.3 Å². The van der Waals surface area contributed by atoms with E-state index in [1.807, 2.05) is 6.92 Å². The highest BCUT2D eigenvalue weighted by molar-refractivity contribution is 7.92. The number of hydrogen-bond donors (Lipinski definition) is 0. The van der Waals surface area contributed by atoms with Crippen molar-refractivity contribution < 1.29 is 13.2 Å². The summed E-state index contributed by atoms with van der Waals surface area (Å²) >= 11 is 0. The summed E-state index contributed by atoms with van der Waals surface area (Å²) in [5.41, 5.74) is 1.32. The van der Waals surface area contributed by atoms with Crippen molar-refractivity contribution in [3.05, 3.63) is 42.2 Å². The Morgan fingerprint density at radius 2 is 1.95 bits per heavy atom. The third-order valence-electron chi connectivity index (χ3n) is 3.40. The molecular formula is C14H12NO3S-. The van der Waals surface area contributed by atoms with E-state index in [-0.39, 0.29) is 10.8 Å². The smallest absolute Gasteiger partial charge is 0.258 e. The van der Waals surface area contributed by atoms with Crippen molar-refractivity contribution in [1.82, 2.24) is 0 Å². The van der Waals surface area contributed by atoms with Crippen molar-refractivity contribution in [2.75, 3.05) is 11.4 Å². The van der Waals surface area contributed by atoms with Crippen LogP contribution in [0.4, 0.5) is 5.69 Å². The molecule has 5 heteroatoms. The summed E-state index contributed by atoms with van der Waals surface area (Å²) in [5, 5.41) is 1.27. The zero-order valence-electron chi connectivity index (χ0n) is 10.4. The molecule has 0 spiro atoms. The average molecular weight is 274 g/mol. The van der Waals surface area contributed by atoms with Crippen LogP contribution >= 0.6 is 0 Å². The fourth-order valence-corrected chi connectivity index (χ4v) is 3.38. The lowest BCUT2D eigenvalue weighted by atomic mass is 10.1. The Morgan fingerprint density at radius 1 is 1.21 bits per heavy atom. The second kappa shape index (κ2) is 3.81. The summed E-state index contributed by atoms with van der Waals surface area (Å²) in [6.07, 6.45) is 3.20. The molecule has 0 aliphatic carbocycles. The minimum absolute atomic E-state index is 0.0817. The van der Waals surface area contributed by atoms with Gasteiger partial charge in [-0.25, -0.2) is 6.26 Å². The molecule has 1 amide bonds. The summed E-state index contributed by atoms with van der Waals surface area (Å²) in [6, 6.07) is 8.34. The minimum Gasteiger partial charge on any atom is -0.308 e. The maximum absolute atomic E-state index is 12.2. The number of hydrogen-bond acceptors (Lipinski definition) is 3. The number of carbonyl (C=O) groups excluding carboxylic acids is 1. The second-order valence-corrected chi connectivity index (χ2v) is 6.14. The first kappa shape index (κ1) is 12.2. The Labute approximate surface area is 111 Å². The largest absolute Gasteiger partial charge is 0.308 e. The number of anilines is 1. The van der Waals surface area contributed by atoms with Gasteiger partial charge in [-0.15, -0.1) is 0 Å². The molecular weight excluding hydrogens is 262 g/mol. The van der Waals surface area contributed by atoms with E-state index in [1.165, 1.54) is 6.07 Å². The van der Waals surface area contributed by atoms with Gasteiger partial charge in [-0.2, -0.15) is 0 Å². The molecule has 0 atom stereocenters. The van der Waals surface area contributed by atoms with Crippen molar-refractivity contribution in [2.24, 2.45) is 0 Å². The Hall–Kier alpha value is -1.88. The lowest BCUT2D eigenvalue weighted by molar-refractivity contribution is 0.0994. The summed E-state index contributed by atoms with van der Waals surface area (Å²) in [5.74, 6) is -0.0817. The van der Waals surface area contributed by atoms with E-state index in [9.17, 15) is 13.2 Å². The van der Waals surface area contributed by atoms with E-state index >= 15 is 0 Å². The van der Waals surface area contributed by atoms with Crippen molar-refractivity contribution >= 4 is 32.2 Å². The van der Waals surface area contributed by atoms with Gasteiger partial charge in [-0.1, -0.05) is 12.1 Å². The Balaban J connectivity index is 2.48. The topological polar surface area (TPSA) is 54.5 Å². The molecule has 0 radical (unpaired) electrons. The fourth-order valence-electron chi connectivity index (χ4n) is 2.60. The van der Waals surface area contributed by atoms with Crippen molar-refractivity contribution in [1.29, 1.82) is 0 Å². The van der Waals surface area contributed by atoms with Crippen molar-refractivity contribution in [3.8, 4) is 0 Å². The predicted molar refractivity (Wildman–Crippen MR) is 73.8 cm³/mol. The number of amides is 1. The minimum atomic E-state index is -3.56. The van der Waals surface area contributed by atoms with Crippen molar-refractivity contribution in [2.45, 2.75) is 11.8 Å². The zero-order valence-corrected chi connectivity index (χ0v) is 11.2. The molecule has 0 saturated carbocycles. The maximum atomic E-state index is 12.2. The number of nitrogens with zero attached hydrogens (tertiary/aromatic N) is 1. The van der Waals surface area contributed by atoms with Gasteiger partial charge in [0.25, 0.3) is 5.91 Å². The predicted octanol–water partition coefficient (Wildman–Crippen LogP) is 2.39. The van der Waals surface area contributed by atoms with Gasteiger partial charge in [0.05, 0.1) is 5.69 Å². The molecule has 1 heterocycles. The SMILES string of the molecule is [CH2-]S(=O)(=O)c1ccc2c3c(cccc13)C(=O)N2CC. The normalized spacial score (nSPS) is 14.4. The van der Waals surface area contributed by atoms with Gasteiger partial charge < -0.3 is 4.90 Å². The first-order valence-electron chi connectivity index (χ1n) is 5.91. The molecule has 2 aromatic rings. The lowest BCUT2D eigenvalue weighted by Gasteiger charge is -2.15. The number of sulfone groups is 1. The van der Waals surface area contributed by atoms with Gasteiger partial charge in [0.1, 0.15) is 0 Å². The molecule has 98 valence electrons. The summed E-state index contributed by atoms with van der Waals surface area (Å²) in [7, 11) is -3.56. The molecule has 0 aromatic heterocycles. The molecule has 3 rings (SSSR count). The first-order chi connectivity index (χ1) is 8.95. The van der Waals surface area contributed by atoms with Gasteiger partial charge in [0, 0.05) is 37.6 Å². The lowest BCUT2D eigenvalue weighted by Crippen LogP contribution is -2.25. The molecule has 2 aromatic carbocycles. The standard InChI is InChI=1S/C14H12NO3S/c1-3-15-11-7-8-12(19(2,17)18)9-5-4-6-10(13(9)11)14(15)16/h4-8H,2-3H2,1H3/q-1. The number of benzene rings is 2. The van der Waals surface area contributed by atoms with Crippen LogP contribution in [0, 0.1) is 6.26 Å². The van der Waals surface area contributed by atoms with E-state index in [2.05, 4.69) is 6.26 Å². The first-order valence-corrected chi connectivity index (χ1v) is 7.56. The molecule has 0 unspecified atom stereocenters. The van der Waals surface area contributed by atoms with Crippen LogP contribution in [0.2, 0.25) is 0 Å². The van der Waals surface area contributed by atoms with E-state index in [1.54, 1.807) is 29.2 Å². The van der Waals surface area contributed by atoms with Gasteiger partial charge >= 0.3 is 0 Å². The van der Waals surface area contributed by atoms with Crippen LogP contribution in [0.5, 0.6) is 0 Å². The highest BCUT2D eigenvalue weighted by Gasteiger charge is 2.29. The Kier molecular flexibility index (Phi) is 2.44. The molecule has 0 N–H and O–H groups in total. The van der Waals surface area contributed by atoms with Crippen LogP contribution in [0.25, 0.3) is 10.8 Å². The third-order valence-corrected chi connectivity index (χ3v) is 4.42. The van der Waals surface area contributed by atoms with Gasteiger partial charge in [-0.05, 0) is 25.1 Å². The molecule has 0 fully saturated rings. The summed E-state index contributed by atoms with van der Waals surface area (Å²) in [4.78, 5) is 14.0. The van der Waals surface area contributed by atoms with E-state index in [0.717, 1.165) is 5.69 Å². The fraction of sp³-hybridized carbons (Fsp3) is 0.143. The highest BCUT2D eigenvalue weighted by atomic mass is 32.2. The quantitative estimate of drug-likeness (QED) is 0.790. The molecule has 1 aliphatic heterocycles. The van der Waals surface area contributed by atoms with Gasteiger partial charge in [0.2, 0.25) is 0 Å². The van der Waals surface area contributed by atoms with E-state index in [0.29, 0.717) is 22.9 Å². The van der Waals surface area contributed by atoms with E-state index in [4.69, 9.17) is 0 Å². The monoisotopic (exact) mass is 274 g/mol. The highest BCUT2D eigenvalue weighted by Crippen LogP contribution is 2.39. The molecule has 4 nitrogen and oxygen atoms in total. The van der Waals surface area contributed by atoms with Crippen LogP contribution in [0.15, 0.2) is 35.2 Å². The molecule has 19 heavy (non-hydrogen) atoms. The number of rotatable bonds is 2. The molecule has 0 bridgehead atoms. The maximum Gasteiger partial charge on any atom is 0.258 e.